The average Bonchev–Trinajstić information content (AvgIpc) is 2.69. The van der Waals surface area contributed by atoms with Gasteiger partial charge in [-0.1, -0.05) is 24.3 Å². The lowest BCUT2D eigenvalue weighted by molar-refractivity contribution is 0.788. The van der Waals surface area contributed by atoms with Crippen LogP contribution in [0.3, 0.4) is 0 Å². The second-order valence-electron chi connectivity index (χ2n) is 5.22. The summed E-state index contributed by atoms with van der Waals surface area (Å²) in [5.74, 6) is 0.925. The van der Waals surface area contributed by atoms with E-state index in [1.807, 2.05) is 19.1 Å². The number of anilines is 1. The molecule has 0 fully saturated rings. The zero-order valence-corrected chi connectivity index (χ0v) is 11.6. The summed E-state index contributed by atoms with van der Waals surface area (Å²) in [6, 6.07) is 14.6. The monoisotopic (exact) mass is 263 g/mol. The van der Waals surface area contributed by atoms with Crippen molar-refractivity contribution in [2.24, 2.45) is 0 Å². The molecular formula is C17H17N3. The van der Waals surface area contributed by atoms with Gasteiger partial charge in [-0.05, 0) is 43.0 Å². The largest absolute Gasteiger partial charge is 0.356 e. The summed E-state index contributed by atoms with van der Waals surface area (Å²) in [6.07, 6.45) is 2.07. The van der Waals surface area contributed by atoms with Gasteiger partial charge in [0.15, 0.2) is 0 Å². The Morgan fingerprint density at radius 1 is 1.10 bits per heavy atom. The molecule has 100 valence electrons. The Hall–Kier alpha value is -2.34. The molecule has 0 saturated heterocycles. The van der Waals surface area contributed by atoms with Crippen molar-refractivity contribution in [2.75, 3.05) is 18.0 Å². The van der Waals surface area contributed by atoms with E-state index in [0.29, 0.717) is 5.56 Å². The average molecular weight is 263 g/mol. The Bertz CT molecular complexity index is 643. The van der Waals surface area contributed by atoms with Crippen LogP contribution in [0.1, 0.15) is 22.4 Å². The molecule has 3 nitrogen and oxygen atoms in total. The van der Waals surface area contributed by atoms with Crippen LogP contribution in [0.5, 0.6) is 0 Å². The molecule has 1 aliphatic heterocycles. The zero-order chi connectivity index (χ0) is 13.9. The summed E-state index contributed by atoms with van der Waals surface area (Å²) < 4.78 is 0. The molecule has 2 aromatic rings. The third-order valence-corrected chi connectivity index (χ3v) is 3.81. The van der Waals surface area contributed by atoms with Crippen molar-refractivity contribution in [3.8, 4) is 6.07 Å². The fraction of sp³-hybridized carbons (Fsp3) is 0.294. The molecule has 1 aromatic heterocycles. The summed E-state index contributed by atoms with van der Waals surface area (Å²) in [4.78, 5) is 6.87. The van der Waals surface area contributed by atoms with Crippen molar-refractivity contribution in [3.05, 3.63) is 58.8 Å². The van der Waals surface area contributed by atoms with E-state index in [1.165, 1.54) is 11.1 Å². The molecule has 3 heteroatoms. The third-order valence-electron chi connectivity index (χ3n) is 3.81. The van der Waals surface area contributed by atoms with Crippen molar-refractivity contribution in [1.82, 2.24) is 4.98 Å². The molecule has 0 unspecified atom stereocenters. The van der Waals surface area contributed by atoms with E-state index in [0.717, 1.165) is 37.4 Å². The van der Waals surface area contributed by atoms with Crippen LogP contribution in [0.15, 0.2) is 36.4 Å². The Balaban J connectivity index is 1.87. The fourth-order valence-corrected chi connectivity index (χ4v) is 2.77. The number of nitrogens with zero attached hydrogens (tertiary/aromatic N) is 3. The molecule has 0 amide bonds. The smallest absolute Gasteiger partial charge is 0.130 e. The van der Waals surface area contributed by atoms with Crippen LogP contribution < -0.4 is 4.90 Å². The molecule has 0 saturated carbocycles. The van der Waals surface area contributed by atoms with Crippen molar-refractivity contribution < 1.29 is 0 Å². The maximum absolute atomic E-state index is 9.09. The highest BCUT2D eigenvalue weighted by atomic mass is 15.2. The predicted octanol–water partition coefficient (Wildman–Crippen LogP) is 2.87. The van der Waals surface area contributed by atoms with Crippen LogP contribution in [0.2, 0.25) is 0 Å². The van der Waals surface area contributed by atoms with E-state index in [9.17, 15) is 0 Å². The van der Waals surface area contributed by atoms with Crippen LogP contribution >= 0.6 is 0 Å². The molecule has 0 atom stereocenters. The lowest BCUT2D eigenvalue weighted by Crippen LogP contribution is -2.27. The molecule has 20 heavy (non-hydrogen) atoms. The Labute approximate surface area is 119 Å². The molecule has 1 aromatic carbocycles. The SMILES string of the molecule is Cc1cc(C#N)cc(N2CCc3ccccc3CC2)n1. The Kier molecular flexibility index (Phi) is 3.39. The first-order chi connectivity index (χ1) is 9.76. The van der Waals surface area contributed by atoms with Gasteiger partial charge in [-0.25, -0.2) is 4.98 Å². The lowest BCUT2D eigenvalue weighted by atomic mass is 10.0. The number of nitriles is 1. The Morgan fingerprint density at radius 2 is 1.75 bits per heavy atom. The molecule has 1 aliphatic rings. The standard InChI is InChI=1S/C17H17N3/c1-13-10-14(12-18)11-17(19-13)20-8-6-15-4-2-3-5-16(15)7-9-20/h2-5,10-11H,6-9H2,1H3. The van der Waals surface area contributed by atoms with E-state index in [4.69, 9.17) is 5.26 Å². The van der Waals surface area contributed by atoms with Gasteiger partial charge in [0, 0.05) is 18.8 Å². The number of fused-ring (bicyclic) bond motifs is 1. The molecule has 0 spiro atoms. The van der Waals surface area contributed by atoms with Gasteiger partial charge >= 0.3 is 0 Å². The van der Waals surface area contributed by atoms with E-state index >= 15 is 0 Å². The van der Waals surface area contributed by atoms with E-state index in [2.05, 4.69) is 40.2 Å². The van der Waals surface area contributed by atoms with Crippen molar-refractivity contribution >= 4 is 5.82 Å². The predicted molar refractivity (Wildman–Crippen MR) is 79.8 cm³/mol. The van der Waals surface area contributed by atoms with Crippen LogP contribution in [0.4, 0.5) is 5.82 Å². The quantitative estimate of drug-likeness (QED) is 0.794. The van der Waals surface area contributed by atoms with Gasteiger partial charge in [0.05, 0.1) is 11.6 Å². The van der Waals surface area contributed by atoms with Crippen molar-refractivity contribution in [1.29, 1.82) is 5.26 Å². The van der Waals surface area contributed by atoms with Gasteiger partial charge in [0.2, 0.25) is 0 Å². The van der Waals surface area contributed by atoms with Gasteiger partial charge < -0.3 is 4.90 Å². The normalized spacial score (nSPS) is 14.3. The van der Waals surface area contributed by atoms with Gasteiger partial charge in [0.1, 0.15) is 5.82 Å². The molecule has 2 heterocycles. The Morgan fingerprint density at radius 3 is 2.35 bits per heavy atom. The number of hydrogen-bond donors (Lipinski definition) is 0. The zero-order valence-electron chi connectivity index (χ0n) is 11.6. The summed E-state index contributed by atoms with van der Waals surface area (Å²) in [5, 5.41) is 9.09. The van der Waals surface area contributed by atoms with E-state index < -0.39 is 0 Å². The van der Waals surface area contributed by atoms with Crippen LogP contribution in [0.25, 0.3) is 0 Å². The number of pyridine rings is 1. The van der Waals surface area contributed by atoms with E-state index in [-0.39, 0.29) is 0 Å². The highest BCUT2D eigenvalue weighted by Crippen LogP contribution is 2.20. The summed E-state index contributed by atoms with van der Waals surface area (Å²) in [6.45, 7) is 3.85. The number of rotatable bonds is 1. The molecule has 0 radical (unpaired) electrons. The van der Waals surface area contributed by atoms with E-state index in [1.54, 1.807) is 0 Å². The second kappa shape index (κ2) is 5.34. The van der Waals surface area contributed by atoms with Crippen LogP contribution in [-0.2, 0) is 12.8 Å². The molecule has 3 rings (SSSR count). The number of aromatic nitrogens is 1. The molecule has 0 aliphatic carbocycles. The fourth-order valence-electron chi connectivity index (χ4n) is 2.77. The summed E-state index contributed by atoms with van der Waals surface area (Å²) >= 11 is 0. The highest BCUT2D eigenvalue weighted by molar-refractivity contribution is 5.47. The van der Waals surface area contributed by atoms with Gasteiger partial charge in [-0.3, -0.25) is 0 Å². The first-order valence-electron chi connectivity index (χ1n) is 6.97. The summed E-state index contributed by atoms with van der Waals surface area (Å²) in [5.41, 5.74) is 4.46. The van der Waals surface area contributed by atoms with Gasteiger partial charge in [0.25, 0.3) is 0 Å². The molecule has 0 bridgehead atoms. The van der Waals surface area contributed by atoms with Crippen molar-refractivity contribution in [2.45, 2.75) is 19.8 Å². The molecule has 0 N–H and O–H groups in total. The maximum Gasteiger partial charge on any atom is 0.130 e. The number of hydrogen-bond acceptors (Lipinski definition) is 3. The van der Waals surface area contributed by atoms with Gasteiger partial charge in [-0.15, -0.1) is 0 Å². The van der Waals surface area contributed by atoms with Gasteiger partial charge in [-0.2, -0.15) is 5.26 Å². The minimum absolute atomic E-state index is 0.689. The highest BCUT2D eigenvalue weighted by Gasteiger charge is 2.15. The topological polar surface area (TPSA) is 39.9 Å². The second-order valence-corrected chi connectivity index (χ2v) is 5.22. The molecular weight excluding hydrogens is 246 g/mol. The number of aryl methyl sites for hydroxylation is 1. The first kappa shape index (κ1) is 12.7. The lowest BCUT2D eigenvalue weighted by Gasteiger charge is -2.21. The van der Waals surface area contributed by atoms with Crippen molar-refractivity contribution in [3.63, 3.8) is 0 Å². The first-order valence-corrected chi connectivity index (χ1v) is 6.97. The third kappa shape index (κ3) is 2.50. The number of benzene rings is 1. The van der Waals surface area contributed by atoms with Crippen LogP contribution in [-0.4, -0.2) is 18.1 Å². The minimum Gasteiger partial charge on any atom is -0.356 e. The summed E-state index contributed by atoms with van der Waals surface area (Å²) in [7, 11) is 0. The minimum atomic E-state index is 0.689. The van der Waals surface area contributed by atoms with Crippen LogP contribution in [0, 0.1) is 18.3 Å². The maximum atomic E-state index is 9.09.